The number of aromatic hydroxyl groups is 1. The number of benzene rings is 1. The number of aliphatic hydroxyl groups excluding tert-OH is 1. The highest BCUT2D eigenvalue weighted by Gasteiger charge is 2.48. The molecule has 30 heavy (non-hydrogen) atoms. The third kappa shape index (κ3) is 2.79. The Labute approximate surface area is 175 Å². The molecule has 2 aromatic heterocycles. The fraction of sp³-hybridized carbons (Fsp3) is 0.211. The Morgan fingerprint density at radius 3 is 2.53 bits per heavy atom. The van der Waals surface area contributed by atoms with Crippen molar-refractivity contribution in [1.82, 2.24) is 13.7 Å². The van der Waals surface area contributed by atoms with Gasteiger partial charge in [0.05, 0.1) is 5.56 Å². The van der Waals surface area contributed by atoms with Crippen molar-refractivity contribution in [3.63, 3.8) is 0 Å². The van der Waals surface area contributed by atoms with Crippen LogP contribution in [0, 0.1) is 0 Å². The van der Waals surface area contributed by atoms with Gasteiger partial charge in [-0.05, 0) is 29.7 Å². The summed E-state index contributed by atoms with van der Waals surface area (Å²) in [6, 6.07) is 6.90. The molecule has 1 aliphatic rings. The highest BCUT2D eigenvalue weighted by atomic mass is 35.5. The summed E-state index contributed by atoms with van der Waals surface area (Å²) in [6.45, 7) is 3.47. The first-order valence-corrected chi connectivity index (χ1v) is 10.7. The molecular formula is C19H16ClN3O6S. The van der Waals surface area contributed by atoms with Gasteiger partial charge in [0.1, 0.15) is 27.0 Å². The van der Waals surface area contributed by atoms with E-state index >= 15 is 0 Å². The molecule has 4 rings (SSSR count). The summed E-state index contributed by atoms with van der Waals surface area (Å²) in [5.74, 6) is -1.60. The number of aromatic nitrogens is 2. The van der Waals surface area contributed by atoms with E-state index in [-0.39, 0.29) is 27.2 Å². The lowest BCUT2D eigenvalue weighted by molar-refractivity contribution is 0.0437. The smallest absolute Gasteiger partial charge is 0.277 e. The van der Waals surface area contributed by atoms with Crippen LogP contribution in [-0.2, 0) is 10.0 Å². The van der Waals surface area contributed by atoms with Crippen molar-refractivity contribution in [3.05, 3.63) is 68.7 Å². The number of hydrogen-bond donors (Lipinski definition) is 2. The summed E-state index contributed by atoms with van der Waals surface area (Å²) >= 11 is 6.08. The molecule has 0 radical (unpaired) electrons. The van der Waals surface area contributed by atoms with E-state index in [4.69, 9.17) is 11.6 Å². The lowest BCUT2D eigenvalue weighted by atomic mass is 9.96. The minimum absolute atomic E-state index is 0.114. The second kappa shape index (κ2) is 6.79. The summed E-state index contributed by atoms with van der Waals surface area (Å²) in [6.07, 6.45) is -0.722. The van der Waals surface area contributed by atoms with Gasteiger partial charge in [-0.3, -0.25) is 14.0 Å². The number of carbonyl (C=O) groups is 1. The van der Waals surface area contributed by atoms with Crippen molar-refractivity contribution in [3.8, 4) is 5.75 Å². The molecule has 1 unspecified atom stereocenters. The van der Waals surface area contributed by atoms with Crippen LogP contribution in [0.1, 0.15) is 47.6 Å². The number of amides is 1. The molecular weight excluding hydrogens is 434 g/mol. The average Bonchev–Trinajstić information content (AvgIpc) is 2.89. The Hall–Kier alpha value is -2.95. The number of sulfonamides is 1. The number of phenolic OH excluding ortho intramolecular Hbond substituents is 1. The number of hydrogen-bond acceptors (Lipinski definition) is 7. The van der Waals surface area contributed by atoms with Crippen LogP contribution in [0.25, 0.3) is 5.65 Å². The number of rotatable bonds is 3. The van der Waals surface area contributed by atoms with Gasteiger partial charge in [-0.2, -0.15) is 4.31 Å². The third-order valence-corrected chi connectivity index (χ3v) is 6.98. The van der Waals surface area contributed by atoms with E-state index in [1.165, 1.54) is 18.3 Å². The van der Waals surface area contributed by atoms with Gasteiger partial charge in [0.2, 0.25) is 0 Å². The van der Waals surface area contributed by atoms with Crippen molar-refractivity contribution >= 4 is 33.2 Å². The Morgan fingerprint density at radius 2 is 1.87 bits per heavy atom. The molecule has 3 aromatic rings. The zero-order valence-corrected chi connectivity index (χ0v) is 17.3. The summed E-state index contributed by atoms with van der Waals surface area (Å²) in [4.78, 5) is 29.3. The van der Waals surface area contributed by atoms with Crippen LogP contribution < -0.4 is 5.56 Å². The van der Waals surface area contributed by atoms with Gasteiger partial charge in [-0.15, -0.1) is 0 Å². The van der Waals surface area contributed by atoms with Crippen molar-refractivity contribution in [2.24, 2.45) is 0 Å². The SMILES string of the molecule is CC(C)c1cc(O)cc2c1C(=O)N(C(O)c1nc3ccccn3c(=O)c1Cl)S2(=O)=O. The maximum Gasteiger partial charge on any atom is 0.277 e. The van der Waals surface area contributed by atoms with E-state index in [1.807, 2.05) is 0 Å². The van der Waals surface area contributed by atoms with Gasteiger partial charge in [0.15, 0.2) is 6.23 Å². The average molecular weight is 450 g/mol. The van der Waals surface area contributed by atoms with E-state index in [9.17, 15) is 28.2 Å². The lowest BCUT2D eigenvalue weighted by Crippen LogP contribution is -2.36. The predicted molar refractivity (Wildman–Crippen MR) is 107 cm³/mol. The van der Waals surface area contributed by atoms with Crippen LogP contribution in [0.3, 0.4) is 0 Å². The second-order valence-corrected chi connectivity index (χ2v) is 9.25. The van der Waals surface area contributed by atoms with Gasteiger partial charge in [-0.1, -0.05) is 31.5 Å². The second-order valence-electron chi connectivity index (χ2n) is 7.09. The summed E-state index contributed by atoms with van der Waals surface area (Å²) in [5, 5.41) is 20.3. The molecule has 11 heteroatoms. The van der Waals surface area contributed by atoms with Gasteiger partial charge in [0.25, 0.3) is 21.5 Å². The number of phenols is 1. The van der Waals surface area contributed by atoms with Crippen molar-refractivity contribution in [1.29, 1.82) is 0 Å². The van der Waals surface area contributed by atoms with Gasteiger partial charge < -0.3 is 10.2 Å². The van der Waals surface area contributed by atoms with E-state index in [2.05, 4.69) is 4.98 Å². The Bertz CT molecular complexity index is 1380. The third-order valence-electron chi connectivity index (χ3n) is 4.86. The molecule has 9 nitrogen and oxygen atoms in total. The minimum atomic E-state index is -4.54. The van der Waals surface area contributed by atoms with Gasteiger partial charge in [0, 0.05) is 12.3 Å². The summed E-state index contributed by atoms with van der Waals surface area (Å²) in [5.41, 5.74) is -0.907. The number of pyridine rings is 1. The first-order chi connectivity index (χ1) is 14.1. The minimum Gasteiger partial charge on any atom is -0.508 e. The fourth-order valence-corrected chi connectivity index (χ4v) is 5.29. The Balaban J connectivity index is 1.93. The molecule has 1 amide bonds. The number of fused-ring (bicyclic) bond motifs is 2. The molecule has 0 spiro atoms. The topological polar surface area (TPSA) is 129 Å². The molecule has 1 atom stereocenters. The molecule has 0 saturated heterocycles. The standard InChI is InChI=1S/C19H16ClN3O6S/c1-9(2)11-7-10(24)8-12-14(11)17(25)23(30(12,28)29)19(27)16-15(20)18(26)22-6-4-3-5-13(22)21-16/h3-9,19,24,27H,1-2H3. The molecule has 0 aliphatic carbocycles. The molecule has 0 bridgehead atoms. The maximum absolute atomic E-state index is 13.1. The molecule has 2 N–H and O–H groups in total. The normalized spacial score (nSPS) is 16.3. The Morgan fingerprint density at radius 1 is 1.17 bits per heavy atom. The molecule has 3 heterocycles. The van der Waals surface area contributed by atoms with Crippen LogP contribution in [-0.4, -0.2) is 38.2 Å². The van der Waals surface area contributed by atoms with Crippen LogP contribution in [0.4, 0.5) is 0 Å². The summed E-state index contributed by atoms with van der Waals surface area (Å²) < 4.78 is 27.5. The van der Waals surface area contributed by atoms with Crippen LogP contribution in [0.5, 0.6) is 5.75 Å². The predicted octanol–water partition coefficient (Wildman–Crippen LogP) is 2.01. The van der Waals surface area contributed by atoms with Gasteiger partial charge >= 0.3 is 0 Å². The van der Waals surface area contributed by atoms with E-state index in [0.29, 0.717) is 5.56 Å². The van der Waals surface area contributed by atoms with Crippen molar-refractivity contribution in [2.75, 3.05) is 0 Å². The lowest BCUT2D eigenvalue weighted by Gasteiger charge is -2.22. The quantitative estimate of drug-likeness (QED) is 0.625. The number of carbonyl (C=O) groups excluding carboxylic acids is 1. The largest absolute Gasteiger partial charge is 0.508 e. The molecule has 0 saturated carbocycles. The molecule has 1 aromatic carbocycles. The zero-order valence-electron chi connectivity index (χ0n) is 15.8. The highest BCUT2D eigenvalue weighted by Crippen LogP contribution is 2.41. The number of aliphatic hydroxyl groups is 1. The fourth-order valence-electron chi connectivity index (χ4n) is 3.44. The monoisotopic (exact) mass is 449 g/mol. The molecule has 0 fully saturated rings. The van der Waals surface area contributed by atoms with E-state index in [1.54, 1.807) is 26.0 Å². The van der Waals surface area contributed by atoms with Gasteiger partial charge in [-0.25, -0.2) is 13.4 Å². The van der Waals surface area contributed by atoms with Crippen LogP contribution in [0.15, 0.2) is 46.2 Å². The van der Waals surface area contributed by atoms with Crippen LogP contribution >= 0.6 is 11.6 Å². The zero-order chi connectivity index (χ0) is 22.0. The maximum atomic E-state index is 13.1. The number of nitrogens with zero attached hydrogens (tertiary/aromatic N) is 3. The molecule has 1 aliphatic heterocycles. The van der Waals surface area contributed by atoms with E-state index < -0.39 is 43.3 Å². The molecule has 156 valence electrons. The van der Waals surface area contributed by atoms with Crippen LogP contribution in [0.2, 0.25) is 5.02 Å². The summed E-state index contributed by atoms with van der Waals surface area (Å²) in [7, 11) is -4.54. The highest BCUT2D eigenvalue weighted by molar-refractivity contribution is 7.90. The first-order valence-electron chi connectivity index (χ1n) is 8.86. The van der Waals surface area contributed by atoms with Crippen molar-refractivity contribution < 1.29 is 23.4 Å². The first kappa shape index (κ1) is 20.3. The van der Waals surface area contributed by atoms with Crippen molar-refractivity contribution in [2.45, 2.75) is 30.9 Å². The number of halogens is 1. The van der Waals surface area contributed by atoms with E-state index in [0.717, 1.165) is 10.5 Å². The Kier molecular flexibility index (Phi) is 4.60.